The maximum atomic E-state index is 4.54. The molecule has 0 aliphatic carbocycles. The summed E-state index contributed by atoms with van der Waals surface area (Å²) in [4.78, 5) is 2.71. The topological polar surface area (TPSA) is 33.1 Å². The van der Waals surface area contributed by atoms with Crippen molar-refractivity contribution in [1.29, 1.82) is 0 Å². The van der Waals surface area contributed by atoms with Crippen LogP contribution >= 0.6 is 0 Å². The highest BCUT2D eigenvalue weighted by Crippen LogP contribution is 2.25. The minimum atomic E-state index is 0.623. The Hall–Kier alpha value is -0.870. The van der Waals surface area contributed by atoms with Crippen molar-refractivity contribution in [1.82, 2.24) is 20.0 Å². The minimum Gasteiger partial charge on any atom is -0.317 e. The highest BCUT2D eigenvalue weighted by molar-refractivity contribution is 5.04. The van der Waals surface area contributed by atoms with Gasteiger partial charge in [0.1, 0.15) is 0 Å². The lowest BCUT2D eigenvalue weighted by molar-refractivity contribution is 0.110. The van der Waals surface area contributed by atoms with Gasteiger partial charge in [0.25, 0.3) is 0 Å². The molecule has 2 aliphatic rings. The Morgan fingerprint density at radius 3 is 2.53 bits per heavy atom. The quantitative estimate of drug-likeness (QED) is 0.902. The number of hydrogen-bond donors (Lipinski definition) is 1. The fourth-order valence-corrected chi connectivity index (χ4v) is 3.45. The smallest absolute Gasteiger partial charge is 0.0543 e. The molecule has 0 unspecified atom stereocenters. The molecule has 0 radical (unpaired) electrons. The second-order valence-electron chi connectivity index (χ2n) is 5.93. The summed E-state index contributed by atoms with van der Waals surface area (Å²) >= 11 is 0. The zero-order valence-electron chi connectivity index (χ0n) is 12.0. The molecule has 2 fully saturated rings. The SMILES string of the molecule is CCc1cnn(C2CCN(C3CCNCC3)CC2)c1. The first-order chi connectivity index (χ1) is 9.36. The van der Waals surface area contributed by atoms with E-state index in [1.165, 1.54) is 57.4 Å². The molecule has 0 aromatic carbocycles. The molecule has 0 spiro atoms. The van der Waals surface area contributed by atoms with Gasteiger partial charge in [-0.25, -0.2) is 0 Å². The first kappa shape index (κ1) is 13.1. The van der Waals surface area contributed by atoms with Crippen molar-refractivity contribution in [2.45, 2.75) is 51.1 Å². The second kappa shape index (κ2) is 6.06. The Morgan fingerprint density at radius 2 is 1.89 bits per heavy atom. The molecule has 4 nitrogen and oxygen atoms in total. The van der Waals surface area contributed by atoms with Crippen molar-refractivity contribution in [2.24, 2.45) is 0 Å². The van der Waals surface area contributed by atoms with Crippen LogP contribution in [0.3, 0.4) is 0 Å². The summed E-state index contributed by atoms with van der Waals surface area (Å²) in [6.07, 6.45) is 10.5. The van der Waals surface area contributed by atoms with Crippen molar-refractivity contribution in [3.8, 4) is 0 Å². The van der Waals surface area contributed by atoms with Gasteiger partial charge in [0.2, 0.25) is 0 Å². The molecule has 2 saturated heterocycles. The van der Waals surface area contributed by atoms with Crippen molar-refractivity contribution in [3.05, 3.63) is 18.0 Å². The zero-order valence-corrected chi connectivity index (χ0v) is 12.0. The number of hydrogen-bond acceptors (Lipinski definition) is 3. The summed E-state index contributed by atoms with van der Waals surface area (Å²) in [5.74, 6) is 0. The van der Waals surface area contributed by atoms with E-state index in [9.17, 15) is 0 Å². The molecule has 1 aromatic heterocycles. The fourth-order valence-electron chi connectivity index (χ4n) is 3.45. The maximum absolute atomic E-state index is 4.54. The Balaban J connectivity index is 1.53. The van der Waals surface area contributed by atoms with Crippen LogP contribution < -0.4 is 5.32 Å². The van der Waals surface area contributed by atoms with E-state index < -0.39 is 0 Å². The predicted octanol–water partition coefficient (Wildman–Crippen LogP) is 1.83. The fraction of sp³-hybridized carbons (Fsp3) is 0.800. The first-order valence-corrected chi connectivity index (χ1v) is 7.84. The Kier molecular flexibility index (Phi) is 4.18. The Morgan fingerprint density at radius 1 is 1.16 bits per heavy atom. The van der Waals surface area contributed by atoms with E-state index in [0.29, 0.717) is 6.04 Å². The standard InChI is InChI=1S/C15H26N4/c1-2-13-11-17-19(12-13)15-5-9-18(10-6-15)14-3-7-16-8-4-14/h11-12,14-16H,2-10H2,1H3. The van der Waals surface area contributed by atoms with E-state index in [1.54, 1.807) is 0 Å². The van der Waals surface area contributed by atoms with Gasteiger partial charge < -0.3 is 10.2 Å². The van der Waals surface area contributed by atoms with Gasteiger partial charge in [-0.1, -0.05) is 6.92 Å². The van der Waals surface area contributed by atoms with Crippen LogP contribution in [-0.2, 0) is 6.42 Å². The molecular formula is C15H26N4. The van der Waals surface area contributed by atoms with Crippen LogP contribution in [0, 0.1) is 0 Å². The van der Waals surface area contributed by atoms with Crippen LogP contribution in [0.1, 0.15) is 44.2 Å². The lowest BCUT2D eigenvalue weighted by Crippen LogP contribution is -2.46. The molecule has 2 aliphatic heterocycles. The van der Waals surface area contributed by atoms with Gasteiger partial charge in [-0.2, -0.15) is 5.10 Å². The second-order valence-corrected chi connectivity index (χ2v) is 5.93. The number of aryl methyl sites for hydroxylation is 1. The van der Waals surface area contributed by atoms with Crippen LogP contribution in [0.25, 0.3) is 0 Å². The molecule has 19 heavy (non-hydrogen) atoms. The van der Waals surface area contributed by atoms with Gasteiger partial charge in [-0.05, 0) is 50.8 Å². The van der Waals surface area contributed by atoms with Gasteiger partial charge >= 0.3 is 0 Å². The predicted molar refractivity (Wildman–Crippen MR) is 77.3 cm³/mol. The van der Waals surface area contributed by atoms with Gasteiger partial charge in [-0.3, -0.25) is 4.68 Å². The van der Waals surface area contributed by atoms with Crippen molar-refractivity contribution in [2.75, 3.05) is 26.2 Å². The first-order valence-electron chi connectivity index (χ1n) is 7.84. The lowest BCUT2D eigenvalue weighted by atomic mass is 9.99. The van der Waals surface area contributed by atoms with E-state index in [2.05, 4.69) is 33.1 Å². The number of aromatic nitrogens is 2. The Bertz CT molecular complexity index is 387. The number of rotatable bonds is 3. The van der Waals surface area contributed by atoms with E-state index >= 15 is 0 Å². The highest BCUT2D eigenvalue weighted by atomic mass is 15.3. The Labute approximate surface area is 116 Å². The van der Waals surface area contributed by atoms with Crippen molar-refractivity contribution >= 4 is 0 Å². The maximum Gasteiger partial charge on any atom is 0.0543 e. The van der Waals surface area contributed by atoms with Crippen LogP contribution in [-0.4, -0.2) is 46.9 Å². The summed E-state index contributed by atoms with van der Waals surface area (Å²) < 4.78 is 2.21. The van der Waals surface area contributed by atoms with E-state index in [0.717, 1.165) is 12.5 Å². The van der Waals surface area contributed by atoms with Crippen LogP contribution in [0.4, 0.5) is 0 Å². The van der Waals surface area contributed by atoms with E-state index in [4.69, 9.17) is 0 Å². The van der Waals surface area contributed by atoms with Crippen molar-refractivity contribution in [3.63, 3.8) is 0 Å². The van der Waals surface area contributed by atoms with Crippen LogP contribution in [0.2, 0.25) is 0 Å². The van der Waals surface area contributed by atoms with Crippen LogP contribution in [0.5, 0.6) is 0 Å². The van der Waals surface area contributed by atoms with Crippen LogP contribution in [0.15, 0.2) is 12.4 Å². The summed E-state index contributed by atoms with van der Waals surface area (Å²) in [5.41, 5.74) is 1.36. The van der Waals surface area contributed by atoms with Crippen molar-refractivity contribution < 1.29 is 0 Å². The lowest BCUT2D eigenvalue weighted by Gasteiger charge is -2.39. The molecule has 0 atom stereocenters. The molecule has 4 heteroatoms. The number of nitrogens with zero attached hydrogens (tertiary/aromatic N) is 3. The number of piperidine rings is 2. The molecule has 0 amide bonds. The largest absolute Gasteiger partial charge is 0.317 e. The molecule has 3 rings (SSSR count). The highest BCUT2D eigenvalue weighted by Gasteiger charge is 2.26. The average molecular weight is 262 g/mol. The normalized spacial score (nSPS) is 23.8. The summed E-state index contributed by atoms with van der Waals surface area (Å²) in [7, 11) is 0. The molecular weight excluding hydrogens is 236 g/mol. The third-order valence-corrected chi connectivity index (χ3v) is 4.76. The average Bonchev–Trinajstić information content (AvgIpc) is 2.97. The summed E-state index contributed by atoms with van der Waals surface area (Å²) in [6, 6.07) is 1.45. The van der Waals surface area contributed by atoms with Gasteiger partial charge in [0.15, 0.2) is 0 Å². The molecule has 0 saturated carbocycles. The third kappa shape index (κ3) is 3.00. The monoisotopic (exact) mass is 262 g/mol. The molecule has 0 bridgehead atoms. The molecule has 1 N–H and O–H groups in total. The summed E-state index contributed by atoms with van der Waals surface area (Å²) in [5, 5.41) is 7.99. The molecule has 106 valence electrons. The number of nitrogens with one attached hydrogen (secondary N) is 1. The number of likely N-dealkylation sites (tertiary alicyclic amines) is 1. The summed E-state index contributed by atoms with van der Waals surface area (Å²) in [6.45, 7) is 7.08. The third-order valence-electron chi connectivity index (χ3n) is 4.76. The van der Waals surface area contributed by atoms with E-state index in [-0.39, 0.29) is 0 Å². The van der Waals surface area contributed by atoms with Gasteiger partial charge in [0, 0.05) is 25.3 Å². The zero-order chi connectivity index (χ0) is 13.1. The molecule has 3 heterocycles. The van der Waals surface area contributed by atoms with E-state index in [1.807, 2.05) is 6.20 Å². The molecule has 1 aromatic rings. The minimum absolute atomic E-state index is 0.623. The van der Waals surface area contributed by atoms with Gasteiger partial charge in [0.05, 0.1) is 12.2 Å². The van der Waals surface area contributed by atoms with Gasteiger partial charge in [-0.15, -0.1) is 0 Å².